The molecule has 1 saturated heterocycles. The van der Waals surface area contributed by atoms with Crippen molar-refractivity contribution in [2.24, 2.45) is 0 Å². The second-order valence-corrected chi connectivity index (χ2v) is 5.13. The predicted octanol–water partition coefficient (Wildman–Crippen LogP) is 0.640. The predicted molar refractivity (Wildman–Crippen MR) is 77.7 cm³/mol. The zero-order valence-electron chi connectivity index (χ0n) is 12.8. The van der Waals surface area contributed by atoms with Gasteiger partial charge in [-0.15, -0.1) is 0 Å². The maximum Gasteiger partial charge on any atom is 0.315 e. The number of urea groups is 1. The number of rotatable bonds is 6. The topological polar surface area (TPSA) is 87.7 Å². The van der Waals surface area contributed by atoms with Crippen LogP contribution in [0.3, 0.4) is 0 Å². The fourth-order valence-electron chi connectivity index (χ4n) is 2.22. The highest BCUT2D eigenvalue weighted by Crippen LogP contribution is 2.12. The van der Waals surface area contributed by atoms with E-state index in [-0.39, 0.29) is 36.8 Å². The molecule has 0 aliphatic carbocycles. The van der Waals surface area contributed by atoms with E-state index in [1.54, 1.807) is 4.90 Å². The fourth-order valence-corrected chi connectivity index (χ4v) is 2.22. The van der Waals surface area contributed by atoms with Gasteiger partial charge in [0.05, 0.1) is 13.5 Å². The Morgan fingerprint density at radius 1 is 1.19 bits per heavy atom. The number of carbonyl (C=O) groups is 3. The van der Waals surface area contributed by atoms with Gasteiger partial charge in [-0.2, -0.15) is 0 Å². The molecule has 1 rings (SSSR count). The van der Waals surface area contributed by atoms with Crippen LogP contribution in [0.4, 0.5) is 4.79 Å². The third-order valence-electron chi connectivity index (χ3n) is 3.49. The Morgan fingerprint density at radius 2 is 1.86 bits per heavy atom. The molecular weight excluding hydrogens is 274 g/mol. The summed E-state index contributed by atoms with van der Waals surface area (Å²) in [6.07, 6.45) is 2.68. The van der Waals surface area contributed by atoms with Gasteiger partial charge in [0.1, 0.15) is 0 Å². The Bertz CT molecular complexity index is 365. The lowest BCUT2D eigenvalue weighted by molar-refractivity contribution is -0.143. The molecule has 0 unspecified atom stereocenters. The van der Waals surface area contributed by atoms with E-state index in [0.717, 1.165) is 19.3 Å². The van der Waals surface area contributed by atoms with Crippen LogP contribution in [0.2, 0.25) is 0 Å². The minimum Gasteiger partial charge on any atom is -0.469 e. The van der Waals surface area contributed by atoms with E-state index in [4.69, 9.17) is 0 Å². The second kappa shape index (κ2) is 9.20. The van der Waals surface area contributed by atoms with Crippen molar-refractivity contribution >= 4 is 17.9 Å². The number of methoxy groups -OCH3 is 1. The first kappa shape index (κ1) is 17.3. The quantitative estimate of drug-likeness (QED) is 0.705. The SMILES string of the molecule is CCCNC(=O)NC1CCN(C(=O)CCC(=O)OC)CC1. The van der Waals surface area contributed by atoms with Gasteiger partial charge in [0.15, 0.2) is 0 Å². The number of hydrogen-bond acceptors (Lipinski definition) is 4. The van der Waals surface area contributed by atoms with Crippen LogP contribution in [0.15, 0.2) is 0 Å². The summed E-state index contributed by atoms with van der Waals surface area (Å²) in [7, 11) is 1.31. The second-order valence-electron chi connectivity index (χ2n) is 5.13. The van der Waals surface area contributed by atoms with Crippen molar-refractivity contribution in [3.63, 3.8) is 0 Å². The summed E-state index contributed by atoms with van der Waals surface area (Å²) in [6, 6.07) is -0.0427. The molecule has 0 aromatic heterocycles. The van der Waals surface area contributed by atoms with E-state index >= 15 is 0 Å². The highest BCUT2D eigenvalue weighted by Gasteiger charge is 2.23. The van der Waals surface area contributed by atoms with Gasteiger partial charge in [0.25, 0.3) is 0 Å². The Hall–Kier alpha value is -1.79. The van der Waals surface area contributed by atoms with Gasteiger partial charge in [0.2, 0.25) is 5.91 Å². The summed E-state index contributed by atoms with van der Waals surface area (Å²) < 4.78 is 4.52. The zero-order valence-corrected chi connectivity index (χ0v) is 12.8. The first-order chi connectivity index (χ1) is 10.1. The number of likely N-dealkylation sites (tertiary alicyclic amines) is 1. The summed E-state index contributed by atoms with van der Waals surface area (Å²) in [4.78, 5) is 36.2. The van der Waals surface area contributed by atoms with Crippen LogP contribution in [0.5, 0.6) is 0 Å². The van der Waals surface area contributed by atoms with Gasteiger partial charge in [-0.1, -0.05) is 6.92 Å². The molecule has 0 radical (unpaired) electrons. The molecule has 0 aromatic rings. The number of carbonyl (C=O) groups excluding carboxylic acids is 3. The van der Waals surface area contributed by atoms with E-state index in [2.05, 4.69) is 15.4 Å². The van der Waals surface area contributed by atoms with Crippen LogP contribution in [0, 0.1) is 0 Å². The lowest BCUT2D eigenvalue weighted by Gasteiger charge is -2.32. The summed E-state index contributed by atoms with van der Waals surface area (Å²) >= 11 is 0. The molecule has 0 aromatic carbocycles. The molecule has 1 heterocycles. The number of ether oxygens (including phenoxy) is 1. The molecule has 0 bridgehead atoms. The Balaban J connectivity index is 2.23. The normalized spacial score (nSPS) is 15.4. The van der Waals surface area contributed by atoms with Gasteiger partial charge in [0, 0.05) is 32.1 Å². The number of hydrogen-bond donors (Lipinski definition) is 2. The number of piperidine rings is 1. The molecule has 0 saturated carbocycles. The van der Waals surface area contributed by atoms with Crippen LogP contribution >= 0.6 is 0 Å². The molecule has 0 spiro atoms. The van der Waals surface area contributed by atoms with Gasteiger partial charge in [-0.3, -0.25) is 9.59 Å². The first-order valence-electron chi connectivity index (χ1n) is 7.45. The van der Waals surface area contributed by atoms with Gasteiger partial charge < -0.3 is 20.3 Å². The van der Waals surface area contributed by atoms with E-state index in [9.17, 15) is 14.4 Å². The van der Waals surface area contributed by atoms with Crippen molar-refractivity contribution < 1.29 is 19.1 Å². The highest BCUT2D eigenvalue weighted by molar-refractivity contribution is 5.81. The maximum atomic E-state index is 11.9. The maximum absolute atomic E-state index is 11.9. The third-order valence-corrected chi connectivity index (χ3v) is 3.49. The minimum absolute atomic E-state index is 0.0331. The molecule has 1 aliphatic rings. The molecule has 7 nitrogen and oxygen atoms in total. The van der Waals surface area contributed by atoms with Crippen LogP contribution < -0.4 is 10.6 Å². The average Bonchev–Trinajstić information content (AvgIpc) is 2.50. The van der Waals surface area contributed by atoms with Crippen LogP contribution in [-0.2, 0) is 14.3 Å². The third kappa shape index (κ3) is 6.46. The molecular formula is C14H25N3O4. The van der Waals surface area contributed by atoms with Gasteiger partial charge >= 0.3 is 12.0 Å². The van der Waals surface area contributed by atoms with Crippen molar-refractivity contribution in [3.05, 3.63) is 0 Å². The Labute approximate surface area is 125 Å². The van der Waals surface area contributed by atoms with E-state index in [0.29, 0.717) is 19.6 Å². The summed E-state index contributed by atoms with van der Waals surface area (Å²) in [5.74, 6) is -0.401. The number of amides is 3. The van der Waals surface area contributed by atoms with E-state index < -0.39 is 0 Å². The van der Waals surface area contributed by atoms with Crippen molar-refractivity contribution in [1.82, 2.24) is 15.5 Å². The standard InChI is InChI=1S/C14H25N3O4/c1-3-8-15-14(20)16-11-6-9-17(10-7-11)12(18)4-5-13(19)21-2/h11H,3-10H2,1-2H3,(H2,15,16,20). The van der Waals surface area contributed by atoms with Gasteiger partial charge in [-0.05, 0) is 19.3 Å². The minimum atomic E-state index is -0.368. The molecule has 2 N–H and O–H groups in total. The zero-order chi connectivity index (χ0) is 15.7. The molecule has 1 fully saturated rings. The molecule has 7 heteroatoms. The van der Waals surface area contributed by atoms with Crippen molar-refractivity contribution in [1.29, 1.82) is 0 Å². The lowest BCUT2D eigenvalue weighted by atomic mass is 10.0. The molecule has 0 atom stereocenters. The van der Waals surface area contributed by atoms with Crippen LogP contribution in [0.25, 0.3) is 0 Å². The Morgan fingerprint density at radius 3 is 2.43 bits per heavy atom. The number of nitrogens with one attached hydrogen (secondary N) is 2. The van der Waals surface area contributed by atoms with Gasteiger partial charge in [-0.25, -0.2) is 4.79 Å². The van der Waals surface area contributed by atoms with Crippen LogP contribution in [-0.4, -0.2) is 55.6 Å². The summed E-state index contributed by atoms with van der Waals surface area (Å²) in [6.45, 7) is 3.88. The monoisotopic (exact) mass is 299 g/mol. The summed E-state index contributed by atoms with van der Waals surface area (Å²) in [5, 5.41) is 5.68. The fraction of sp³-hybridized carbons (Fsp3) is 0.786. The van der Waals surface area contributed by atoms with Crippen LogP contribution in [0.1, 0.15) is 39.0 Å². The highest BCUT2D eigenvalue weighted by atomic mass is 16.5. The van der Waals surface area contributed by atoms with E-state index in [1.807, 2.05) is 6.92 Å². The number of esters is 1. The molecule has 3 amide bonds. The number of nitrogens with zero attached hydrogens (tertiary/aromatic N) is 1. The lowest BCUT2D eigenvalue weighted by Crippen LogP contribution is -2.49. The smallest absolute Gasteiger partial charge is 0.315 e. The molecule has 21 heavy (non-hydrogen) atoms. The van der Waals surface area contributed by atoms with Crippen molar-refractivity contribution in [2.45, 2.75) is 45.1 Å². The first-order valence-corrected chi connectivity index (χ1v) is 7.45. The average molecular weight is 299 g/mol. The van der Waals surface area contributed by atoms with Crippen molar-refractivity contribution in [3.8, 4) is 0 Å². The van der Waals surface area contributed by atoms with E-state index in [1.165, 1.54) is 7.11 Å². The molecule has 120 valence electrons. The Kier molecular flexibility index (Phi) is 7.56. The van der Waals surface area contributed by atoms with Crippen molar-refractivity contribution in [2.75, 3.05) is 26.7 Å². The largest absolute Gasteiger partial charge is 0.469 e. The summed E-state index contributed by atoms with van der Waals surface area (Å²) in [5.41, 5.74) is 0. The molecule has 1 aliphatic heterocycles.